The minimum atomic E-state index is -4.54. The number of benzene rings is 2. The third-order valence-electron chi connectivity index (χ3n) is 6.02. The van der Waals surface area contributed by atoms with Crippen molar-refractivity contribution in [2.75, 3.05) is 17.2 Å². The molecule has 2 aromatic rings. The molecule has 7 nitrogen and oxygen atoms in total. The van der Waals surface area contributed by atoms with E-state index in [1.54, 1.807) is 6.07 Å². The molecule has 2 unspecified atom stereocenters. The summed E-state index contributed by atoms with van der Waals surface area (Å²) in [7, 11) is 0. The number of fused-ring (bicyclic) bond motifs is 1. The van der Waals surface area contributed by atoms with Gasteiger partial charge in [0.1, 0.15) is 0 Å². The second kappa shape index (κ2) is 9.73. The summed E-state index contributed by atoms with van der Waals surface area (Å²) in [5, 5.41) is 5.03. The molecule has 4 amide bonds. The van der Waals surface area contributed by atoms with Gasteiger partial charge in [-0.3, -0.25) is 24.1 Å². The minimum Gasteiger partial charge on any atom is -0.326 e. The molecule has 0 saturated carbocycles. The largest absolute Gasteiger partial charge is 0.416 e. The molecule has 182 valence electrons. The Balaban J connectivity index is 1.34. The van der Waals surface area contributed by atoms with E-state index >= 15 is 0 Å². The number of imide groups is 1. The van der Waals surface area contributed by atoms with Gasteiger partial charge in [0.15, 0.2) is 0 Å². The number of allylic oxidation sites excluding steroid dienone is 2. The molecule has 1 fully saturated rings. The van der Waals surface area contributed by atoms with Crippen LogP contribution in [0, 0.1) is 11.8 Å². The number of halogens is 3. The van der Waals surface area contributed by atoms with E-state index in [0.717, 1.165) is 17.0 Å². The van der Waals surface area contributed by atoms with E-state index in [-0.39, 0.29) is 47.9 Å². The highest BCUT2D eigenvalue weighted by Gasteiger charge is 2.46. The van der Waals surface area contributed by atoms with Gasteiger partial charge in [-0.25, -0.2) is 0 Å². The number of carbonyl (C=O) groups is 4. The molecule has 2 aromatic carbocycles. The summed E-state index contributed by atoms with van der Waals surface area (Å²) >= 11 is 0. The highest BCUT2D eigenvalue weighted by molar-refractivity contribution is 6.06. The van der Waals surface area contributed by atoms with Crippen molar-refractivity contribution >= 4 is 35.0 Å². The number of nitrogens with zero attached hydrogens (tertiary/aromatic N) is 1. The zero-order valence-electron chi connectivity index (χ0n) is 18.5. The lowest BCUT2D eigenvalue weighted by atomic mass is 9.85. The van der Waals surface area contributed by atoms with Crippen LogP contribution in [0.15, 0.2) is 60.7 Å². The van der Waals surface area contributed by atoms with Gasteiger partial charge in [-0.1, -0.05) is 24.3 Å². The third-order valence-corrected chi connectivity index (χ3v) is 6.02. The smallest absolute Gasteiger partial charge is 0.326 e. The van der Waals surface area contributed by atoms with Crippen molar-refractivity contribution < 1.29 is 32.3 Å². The van der Waals surface area contributed by atoms with Gasteiger partial charge in [0, 0.05) is 29.9 Å². The molecule has 2 atom stereocenters. The maximum absolute atomic E-state index is 12.9. The minimum absolute atomic E-state index is 0.0185. The molecule has 0 bridgehead atoms. The van der Waals surface area contributed by atoms with Crippen molar-refractivity contribution in [2.24, 2.45) is 11.8 Å². The van der Waals surface area contributed by atoms with Crippen LogP contribution >= 0.6 is 0 Å². The molecule has 2 aliphatic rings. The van der Waals surface area contributed by atoms with E-state index in [9.17, 15) is 32.3 Å². The maximum atomic E-state index is 12.9. The zero-order valence-corrected chi connectivity index (χ0v) is 18.5. The van der Waals surface area contributed by atoms with Gasteiger partial charge >= 0.3 is 6.18 Å². The van der Waals surface area contributed by atoms with Crippen LogP contribution in [-0.2, 0) is 20.6 Å². The lowest BCUT2D eigenvalue weighted by Gasteiger charge is -2.14. The molecule has 2 N–H and O–H groups in total. The maximum Gasteiger partial charge on any atom is 0.416 e. The van der Waals surface area contributed by atoms with E-state index in [4.69, 9.17) is 0 Å². The molecule has 1 heterocycles. The Morgan fingerprint density at radius 3 is 2.11 bits per heavy atom. The fraction of sp³-hybridized carbons (Fsp3) is 0.280. The number of nitrogens with one attached hydrogen (secondary N) is 2. The van der Waals surface area contributed by atoms with E-state index < -0.39 is 23.6 Å². The van der Waals surface area contributed by atoms with Crippen LogP contribution in [0.2, 0.25) is 0 Å². The molecule has 10 heteroatoms. The van der Waals surface area contributed by atoms with Crippen LogP contribution in [0.4, 0.5) is 24.5 Å². The van der Waals surface area contributed by atoms with Gasteiger partial charge in [-0.15, -0.1) is 0 Å². The van der Waals surface area contributed by atoms with E-state index in [1.165, 1.54) is 30.3 Å². The van der Waals surface area contributed by atoms with Gasteiger partial charge < -0.3 is 10.6 Å². The average Bonchev–Trinajstić information content (AvgIpc) is 3.07. The first kappa shape index (κ1) is 24.2. The van der Waals surface area contributed by atoms with Crippen LogP contribution < -0.4 is 10.6 Å². The third kappa shape index (κ3) is 5.42. The van der Waals surface area contributed by atoms with Gasteiger partial charge in [-0.05, 0) is 49.2 Å². The standard InChI is InChI=1S/C25H22F3N3O4/c26-25(27,28)16-6-4-8-18(14-16)30-22(33)15-5-3-7-17(13-15)29-21(32)11-12-31-23(34)19-9-1-2-10-20(19)24(31)35/h1-8,13-14,19-20H,9-12H2,(H,29,32)(H,30,33). The summed E-state index contributed by atoms with van der Waals surface area (Å²) in [4.78, 5) is 51.1. The summed E-state index contributed by atoms with van der Waals surface area (Å²) in [6, 6.07) is 10.2. The average molecular weight is 485 g/mol. The van der Waals surface area contributed by atoms with E-state index in [1.807, 2.05) is 12.2 Å². The number of hydrogen-bond acceptors (Lipinski definition) is 4. The Morgan fingerprint density at radius 1 is 0.886 bits per heavy atom. The first-order chi connectivity index (χ1) is 16.6. The normalized spacial score (nSPS) is 19.5. The monoisotopic (exact) mass is 485 g/mol. The number of alkyl halides is 3. The van der Waals surface area contributed by atoms with Crippen LogP contribution in [0.25, 0.3) is 0 Å². The first-order valence-corrected chi connectivity index (χ1v) is 11.0. The predicted molar refractivity (Wildman–Crippen MR) is 121 cm³/mol. The van der Waals surface area contributed by atoms with Crippen molar-refractivity contribution in [1.82, 2.24) is 4.90 Å². The molecule has 0 radical (unpaired) electrons. The molecule has 35 heavy (non-hydrogen) atoms. The number of anilines is 2. The summed E-state index contributed by atoms with van der Waals surface area (Å²) in [5.41, 5.74) is -0.484. The van der Waals surface area contributed by atoms with Gasteiger partial charge in [-0.2, -0.15) is 13.2 Å². The Bertz CT molecular complexity index is 1180. The van der Waals surface area contributed by atoms with Crippen LogP contribution in [0.1, 0.15) is 35.2 Å². The second-order valence-electron chi connectivity index (χ2n) is 8.40. The molecule has 0 spiro atoms. The van der Waals surface area contributed by atoms with Crippen LogP contribution in [0.5, 0.6) is 0 Å². The molecule has 1 saturated heterocycles. The molecule has 0 aromatic heterocycles. The summed E-state index contributed by atoms with van der Waals surface area (Å²) < 4.78 is 38.7. The van der Waals surface area contributed by atoms with Crippen molar-refractivity contribution in [3.05, 3.63) is 71.8 Å². The number of likely N-dealkylation sites (tertiary alicyclic amines) is 1. The Morgan fingerprint density at radius 2 is 1.49 bits per heavy atom. The van der Waals surface area contributed by atoms with E-state index in [0.29, 0.717) is 18.5 Å². The Labute approximate surface area is 199 Å². The van der Waals surface area contributed by atoms with Crippen LogP contribution in [-0.4, -0.2) is 35.1 Å². The van der Waals surface area contributed by atoms with E-state index in [2.05, 4.69) is 10.6 Å². The fourth-order valence-corrected chi connectivity index (χ4v) is 4.24. The highest BCUT2D eigenvalue weighted by Crippen LogP contribution is 2.35. The number of rotatable bonds is 6. The van der Waals surface area contributed by atoms with Gasteiger partial charge in [0.2, 0.25) is 17.7 Å². The highest BCUT2D eigenvalue weighted by atomic mass is 19.4. The topological polar surface area (TPSA) is 95.6 Å². The van der Waals surface area contributed by atoms with Crippen LogP contribution in [0.3, 0.4) is 0 Å². The van der Waals surface area contributed by atoms with Crippen molar-refractivity contribution in [3.63, 3.8) is 0 Å². The molecular weight excluding hydrogens is 463 g/mol. The van der Waals surface area contributed by atoms with Gasteiger partial charge in [0.05, 0.1) is 17.4 Å². The van der Waals surface area contributed by atoms with Crippen molar-refractivity contribution in [2.45, 2.75) is 25.4 Å². The van der Waals surface area contributed by atoms with Gasteiger partial charge in [0.25, 0.3) is 5.91 Å². The fourth-order valence-electron chi connectivity index (χ4n) is 4.24. The Hall–Kier alpha value is -3.95. The summed E-state index contributed by atoms with van der Waals surface area (Å²) in [6.07, 6.45) is 0.174. The zero-order chi connectivity index (χ0) is 25.2. The lowest BCUT2D eigenvalue weighted by Crippen LogP contribution is -2.34. The van der Waals surface area contributed by atoms with Crippen molar-refractivity contribution in [1.29, 1.82) is 0 Å². The number of hydrogen-bond donors (Lipinski definition) is 2. The molecule has 1 aliphatic carbocycles. The molecule has 4 rings (SSSR count). The SMILES string of the molecule is O=C(CCN1C(=O)C2CC=CCC2C1=O)Nc1cccc(C(=O)Nc2cccc(C(F)(F)F)c2)c1. The summed E-state index contributed by atoms with van der Waals surface area (Å²) in [5.74, 6) is -2.33. The Kier molecular flexibility index (Phi) is 6.72. The van der Waals surface area contributed by atoms with Crippen molar-refractivity contribution in [3.8, 4) is 0 Å². The predicted octanol–water partition coefficient (Wildman–Crippen LogP) is 4.24. The lowest BCUT2D eigenvalue weighted by molar-refractivity contribution is -0.140. The molecular formula is C25H22F3N3O4. The quantitative estimate of drug-likeness (QED) is 0.473. The first-order valence-electron chi connectivity index (χ1n) is 11.0. The molecule has 1 aliphatic heterocycles. The number of carbonyl (C=O) groups excluding carboxylic acids is 4. The second-order valence-corrected chi connectivity index (χ2v) is 8.40. The number of amides is 4. The summed E-state index contributed by atoms with van der Waals surface area (Å²) in [6.45, 7) is -0.0355.